The lowest BCUT2D eigenvalue weighted by Crippen LogP contribution is -2.05. The number of nitrogens with zero attached hydrogens (tertiary/aromatic N) is 2. The van der Waals surface area contributed by atoms with Gasteiger partial charge in [0.1, 0.15) is 11.6 Å². The minimum Gasteiger partial charge on any atom is -0.369 e. The Labute approximate surface area is 114 Å². The molecular weight excluding hydrogens is 260 g/mol. The van der Waals surface area contributed by atoms with E-state index in [0.29, 0.717) is 29.9 Å². The molecule has 2 N–H and O–H groups in total. The fraction of sp³-hybridized carbons (Fsp3) is 0.133. The lowest BCUT2D eigenvalue weighted by molar-refractivity contribution is 0.624. The summed E-state index contributed by atoms with van der Waals surface area (Å²) in [5, 5.41) is 0. The fourth-order valence-electron chi connectivity index (χ4n) is 2.24. The van der Waals surface area contributed by atoms with Crippen LogP contribution in [0.2, 0.25) is 0 Å². The first-order valence-electron chi connectivity index (χ1n) is 6.29. The Balaban J connectivity index is 1.88. The minimum absolute atomic E-state index is 0.261. The van der Waals surface area contributed by atoms with Gasteiger partial charge >= 0.3 is 0 Å². The van der Waals surface area contributed by atoms with Crippen molar-refractivity contribution in [2.45, 2.75) is 13.0 Å². The highest BCUT2D eigenvalue weighted by atomic mass is 19.1. The molecule has 0 aliphatic heterocycles. The van der Waals surface area contributed by atoms with Crippen LogP contribution in [-0.4, -0.2) is 9.55 Å². The zero-order chi connectivity index (χ0) is 14.1. The number of imidazole rings is 1. The number of aryl methyl sites for hydroxylation is 2. The van der Waals surface area contributed by atoms with Gasteiger partial charge in [0.15, 0.2) is 0 Å². The molecule has 5 heteroatoms. The van der Waals surface area contributed by atoms with Crippen molar-refractivity contribution in [3.05, 3.63) is 59.7 Å². The molecule has 0 saturated heterocycles. The number of anilines is 1. The van der Waals surface area contributed by atoms with Crippen LogP contribution >= 0.6 is 0 Å². The molecule has 0 radical (unpaired) electrons. The van der Waals surface area contributed by atoms with Gasteiger partial charge in [-0.2, -0.15) is 0 Å². The van der Waals surface area contributed by atoms with Crippen molar-refractivity contribution in [2.24, 2.45) is 0 Å². The Morgan fingerprint density at radius 3 is 2.45 bits per heavy atom. The first kappa shape index (κ1) is 12.6. The lowest BCUT2D eigenvalue weighted by Gasteiger charge is -2.06. The van der Waals surface area contributed by atoms with Gasteiger partial charge < -0.3 is 10.3 Å². The summed E-state index contributed by atoms with van der Waals surface area (Å²) in [6, 6.07) is 10.7. The molecule has 0 aliphatic carbocycles. The molecule has 3 rings (SSSR count). The van der Waals surface area contributed by atoms with Crippen LogP contribution in [0.25, 0.3) is 11.0 Å². The van der Waals surface area contributed by atoms with Crippen molar-refractivity contribution in [1.82, 2.24) is 9.55 Å². The monoisotopic (exact) mass is 273 g/mol. The van der Waals surface area contributed by atoms with Crippen LogP contribution in [-0.2, 0) is 13.0 Å². The molecule has 0 bridgehead atoms. The van der Waals surface area contributed by atoms with E-state index >= 15 is 0 Å². The van der Waals surface area contributed by atoms with Crippen LogP contribution in [0.4, 0.5) is 14.7 Å². The molecule has 102 valence electrons. The molecule has 1 aromatic heterocycles. The molecule has 0 saturated carbocycles. The van der Waals surface area contributed by atoms with Crippen LogP contribution in [0.3, 0.4) is 0 Å². The Hall–Kier alpha value is -2.43. The number of fused-ring (bicyclic) bond motifs is 1. The van der Waals surface area contributed by atoms with Crippen LogP contribution in [0.5, 0.6) is 0 Å². The minimum atomic E-state index is -0.319. The maximum Gasteiger partial charge on any atom is 0.201 e. The van der Waals surface area contributed by atoms with Crippen LogP contribution in [0.1, 0.15) is 5.56 Å². The predicted molar refractivity (Wildman–Crippen MR) is 74.2 cm³/mol. The first-order chi connectivity index (χ1) is 9.63. The van der Waals surface area contributed by atoms with Gasteiger partial charge in [0.2, 0.25) is 5.95 Å². The SMILES string of the molecule is Nc1nc2ccc(F)cc2n1CCc1ccc(F)cc1. The molecule has 20 heavy (non-hydrogen) atoms. The number of hydrogen-bond donors (Lipinski definition) is 1. The quantitative estimate of drug-likeness (QED) is 0.796. The second kappa shape index (κ2) is 4.92. The van der Waals surface area contributed by atoms with Crippen LogP contribution in [0.15, 0.2) is 42.5 Å². The topological polar surface area (TPSA) is 43.8 Å². The second-order valence-electron chi connectivity index (χ2n) is 4.63. The molecule has 0 aliphatic rings. The number of hydrogen-bond acceptors (Lipinski definition) is 2. The van der Waals surface area contributed by atoms with E-state index < -0.39 is 0 Å². The lowest BCUT2D eigenvalue weighted by atomic mass is 10.1. The van der Waals surface area contributed by atoms with Crippen LogP contribution < -0.4 is 5.73 Å². The summed E-state index contributed by atoms with van der Waals surface area (Å²) in [6.07, 6.45) is 0.673. The van der Waals surface area contributed by atoms with Crippen molar-refractivity contribution in [2.75, 3.05) is 5.73 Å². The van der Waals surface area contributed by atoms with E-state index in [0.717, 1.165) is 5.56 Å². The summed E-state index contributed by atoms with van der Waals surface area (Å²) in [5.74, 6) is -0.225. The molecule has 0 spiro atoms. The second-order valence-corrected chi connectivity index (χ2v) is 4.63. The summed E-state index contributed by atoms with van der Waals surface area (Å²) in [7, 11) is 0. The highest BCUT2D eigenvalue weighted by Crippen LogP contribution is 2.19. The van der Waals surface area contributed by atoms with Gasteiger partial charge in [-0.05, 0) is 42.3 Å². The molecular formula is C15H13F2N3. The van der Waals surface area contributed by atoms with Gasteiger partial charge in [0.05, 0.1) is 11.0 Å². The zero-order valence-corrected chi connectivity index (χ0v) is 10.7. The average Bonchev–Trinajstić information content (AvgIpc) is 2.73. The number of aromatic nitrogens is 2. The van der Waals surface area contributed by atoms with E-state index in [1.807, 2.05) is 0 Å². The highest BCUT2D eigenvalue weighted by Gasteiger charge is 2.09. The van der Waals surface area contributed by atoms with E-state index in [2.05, 4.69) is 4.98 Å². The third-order valence-corrected chi connectivity index (χ3v) is 3.28. The molecule has 0 fully saturated rings. The predicted octanol–water partition coefficient (Wildman–Crippen LogP) is 3.14. The Kier molecular flexibility index (Phi) is 3.10. The number of rotatable bonds is 3. The third kappa shape index (κ3) is 2.34. The first-order valence-corrected chi connectivity index (χ1v) is 6.29. The standard InChI is InChI=1S/C15H13F2N3/c16-11-3-1-10(2-4-11)7-8-20-14-9-12(17)5-6-13(14)19-15(20)18/h1-6,9H,7-8H2,(H2,18,19). The molecule has 0 amide bonds. The van der Waals surface area contributed by atoms with Gasteiger partial charge in [-0.1, -0.05) is 12.1 Å². The molecule has 0 atom stereocenters. The Morgan fingerprint density at radius 2 is 1.70 bits per heavy atom. The summed E-state index contributed by atoms with van der Waals surface area (Å²) in [6.45, 7) is 0.567. The molecule has 2 aromatic carbocycles. The van der Waals surface area contributed by atoms with Crippen LogP contribution in [0, 0.1) is 11.6 Å². The Morgan fingerprint density at radius 1 is 1.00 bits per heavy atom. The summed E-state index contributed by atoms with van der Waals surface area (Å²) < 4.78 is 27.9. The van der Waals surface area contributed by atoms with Gasteiger partial charge in [-0.3, -0.25) is 0 Å². The maximum atomic E-state index is 13.3. The summed E-state index contributed by atoms with van der Waals surface area (Å²) in [5.41, 5.74) is 8.19. The zero-order valence-electron chi connectivity index (χ0n) is 10.7. The summed E-state index contributed by atoms with van der Waals surface area (Å²) in [4.78, 5) is 4.19. The van der Waals surface area contributed by atoms with E-state index in [1.165, 1.54) is 24.3 Å². The van der Waals surface area contributed by atoms with E-state index in [-0.39, 0.29) is 11.6 Å². The molecule has 0 unspecified atom stereocenters. The van der Waals surface area contributed by atoms with E-state index in [4.69, 9.17) is 5.73 Å². The number of nitrogen functional groups attached to an aromatic ring is 1. The van der Waals surface area contributed by atoms with Gasteiger partial charge in [0, 0.05) is 6.54 Å². The van der Waals surface area contributed by atoms with Gasteiger partial charge in [0.25, 0.3) is 0 Å². The molecule has 3 aromatic rings. The van der Waals surface area contributed by atoms with Crippen molar-refractivity contribution in [3.63, 3.8) is 0 Å². The normalized spacial score (nSPS) is 11.1. The van der Waals surface area contributed by atoms with Crippen molar-refractivity contribution in [1.29, 1.82) is 0 Å². The maximum absolute atomic E-state index is 13.3. The molecule has 1 heterocycles. The Bertz CT molecular complexity index is 748. The van der Waals surface area contributed by atoms with E-state index in [1.54, 1.807) is 22.8 Å². The van der Waals surface area contributed by atoms with Crippen molar-refractivity contribution < 1.29 is 8.78 Å². The fourth-order valence-corrected chi connectivity index (χ4v) is 2.24. The van der Waals surface area contributed by atoms with Gasteiger partial charge in [-0.25, -0.2) is 13.8 Å². The molecule has 3 nitrogen and oxygen atoms in total. The van der Waals surface area contributed by atoms with Gasteiger partial charge in [-0.15, -0.1) is 0 Å². The number of benzene rings is 2. The number of nitrogens with two attached hydrogens (primary N) is 1. The smallest absolute Gasteiger partial charge is 0.201 e. The third-order valence-electron chi connectivity index (χ3n) is 3.28. The highest BCUT2D eigenvalue weighted by molar-refractivity contribution is 5.78. The largest absolute Gasteiger partial charge is 0.369 e. The van der Waals surface area contributed by atoms with E-state index in [9.17, 15) is 8.78 Å². The summed E-state index contributed by atoms with van der Waals surface area (Å²) >= 11 is 0. The van der Waals surface area contributed by atoms with Crippen molar-refractivity contribution in [3.8, 4) is 0 Å². The van der Waals surface area contributed by atoms with Crippen molar-refractivity contribution >= 4 is 17.0 Å². The average molecular weight is 273 g/mol. The number of halogens is 2.